The van der Waals surface area contributed by atoms with Crippen molar-refractivity contribution in [3.8, 4) is 0 Å². The summed E-state index contributed by atoms with van der Waals surface area (Å²) in [4.78, 5) is 25.6. The summed E-state index contributed by atoms with van der Waals surface area (Å²) in [5, 5.41) is 13.3. The number of nitro groups is 1. The van der Waals surface area contributed by atoms with Gasteiger partial charge in [-0.3, -0.25) is 14.9 Å². The molecule has 0 aliphatic heterocycles. The Labute approximate surface area is 125 Å². The number of hydrogen-bond donors (Lipinski definition) is 1. The Morgan fingerprint density at radius 3 is 2.62 bits per heavy atom. The van der Waals surface area contributed by atoms with Crippen LogP contribution in [0.5, 0.6) is 0 Å². The zero-order chi connectivity index (χ0) is 15.2. The summed E-state index contributed by atoms with van der Waals surface area (Å²) in [5.41, 5.74) is 1.09. The highest BCUT2D eigenvalue weighted by molar-refractivity contribution is 6.32. The maximum absolute atomic E-state index is 11.7. The van der Waals surface area contributed by atoms with Crippen LogP contribution in [0.1, 0.15) is 5.56 Å². The van der Waals surface area contributed by atoms with Crippen LogP contribution >= 0.6 is 11.6 Å². The van der Waals surface area contributed by atoms with Crippen molar-refractivity contribution in [2.24, 2.45) is 0 Å². The molecule has 0 atom stereocenters. The highest BCUT2D eigenvalue weighted by Gasteiger charge is 2.04. The van der Waals surface area contributed by atoms with Gasteiger partial charge < -0.3 is 5.32 Å². The predicted octanol–water partition coefficient (Wildman–Crippen LogP) is 3.30. The molecule has 6 nitrogen and oxygen atoms in total. The van der Waals surface area contributed by atoms with Gasteiger partial charge >= 0.3 is 0 Å². The number of hydrogen-bond acceptors (Lipinski definition) is 4. The molecular formula is C14H10ClN3O3. The van der Waals surface area contributed by atoms with Crippen LogP contribution in [0.2, 0.25) is 5.15 Å². The van der Waals surface area contributed by atoms with Crippen molar-refractivity contribution < 1.29 is 9.72 Å². The van der Waals surface area contributed by atoms with Crippen molar-refractivity contribution in [1.82, 2.24) is 4.98 Å². The molecule has 21 heavy (non-hydrogen) atoms. The molecular weight excluding hydrogens is 294 g/mol. The van der Waals surface area contributed by atoms with Crippen molar-refractivity contribution >= 4 is 35.0 Å². The zero-order valence-electron chi connectivity index (χ0n) is 10.7. The first kappa shape index (κ1) is 14.7. The smallest absolute Gasteiger partial charge is 0.269 e. The third kappa shape index (κ3) is 4.12. The largest absolute Gasteiger partial charge is 0.320 e. The number of non-ortho nitro benzene ring substituents is 1. The van der Waals surface area contributed by atoms with E-state index in [1.54, 1.807) is 30.3 Å². The van der Waals surface area contributed by atoms with Crippen LogP contribution in [-0.4, -0.2) is 15.8 Å². The third-order valence-electron chi connectivity index (χ3n) is 2.55. The molecule has 2 rings (SSSR count). The summed E-state index contributed by atoms with van der Waals surface area (Å²) in [5.74, 6) is -0.372. The lowest BCUT2D eigenvalue weighted by Gasteiger charge is -2.02. The molecule has 0 aliphatic carbocycles. The maximum atomic E-state index is 11.7. The second-order valence-electron chi connectivity index (χ2n) is 4.01. The van der Waals surface area contributed by atoms with E-state index in [0.717, 1.165) is 0 Å². The van der Waals surface area contributed by atoms with Gasteiger partial charge in [0.2, 0.25) is 5.91 Å². The van der Waals surface area contributed by atoms with E-state index in [4.69, 9.17) is 11.6 Å². The number of nitrogens with zero attached hydrogens (tertiary/aromatic N) is 2. The molecule has 0 radical (unpaired) electrons. The molecule has 1 amide bonds. The van der Waals surface area contributed by atoms with Gasteiger partial charge in [-0.15, -0.1) is 0 Å². The van der Waals surface area contributed by atoms with Crippen LogP contribution in [0.3, 0.4) is 0 Å². The van der Waals surface area contributed by atoms with E-state index >= 15 is 0 Å². The number of carbonyl (C=O) groups is 1. The molecule has 0 unspecified atom stereocenters. The SMILES string of the molecule is O=C(C=Cc1ccc([N+](=O)[O-])cc1)Nc1cccnc1Cl. The summed E-state index contributed by atoms with van der Waals surface area (Å²) in [7, 11) is 0. The third-order valence-corrected chi connectivity index (χ3v) is 2.85. The molecule has 0 aliphatic rings. The maximum Gasteiger partial charge on any atom is 0.269 e. The van der Waals surface area contributed by atoms with Gasteiger partial charge in [-0.25, -0.2) is 4.98 Å². The number of amides is 1. The first-order valence-electron chi connectivity index (χ1n) is 5.90. The average Bonchev–Trinajstić information content (AvgIpc) is 2.48. The topological polar surface area (TPSA) is 85.1 Å². The van der Waals surface area contributed by atoms with E-state index in [9.17, 15) is 14.9 Å². The van der Waals surface area contributed by atoms with Gasteiger partial charge in [-0.2, -0.15) is 0 Å². The molecule has 0 bridgehead atoms. The highest BCUT2D eigenvalue weighted by Crippen LogP contribution is 2.17. The fraction of sp³-hybridized carbons (Fsp3) is 0. The van der Waals surface area contributed by atoms with E-state index in [-0.39, 0.29) is 16.7 Å². The Balaban J connectivity index is 2.02. The molecule has 1 N–H and O–H groups in total. The monoisotopic (exact) mass is 303 g/mol. The van der Waals surface area contributed by atoms with Crippen molar-refractivity contribution in [1.29, 1.82) is 0 Å². The number of anilines is 1. The van der Waals surface area contributed by atoms with Crippen LogP contribution in [0.25, 0.3) is 6.08 Å². The van der Waals surface area contributed by atoms with E-state index in [0.29, 0.717) is 11.3 Å². The molecule has 1 aromatic carbocycles. The second kappa shape index (κ2) is 6.62. The summed E-state index contributed by atoms with van der Waals surface area (Å²) in [6.07, 6.45) is 4.37. The summed E-state index contributed by atoms with van der Waals surface area (Å²) < 4.78 is 0. The Kier molecular flexibility index (Phi) is 4.63. The molecule has 1 heterocycles. The normalized spacial score (nSPS) is 10.5. The number of pyridine rings is 1. The lowest BCUT2D eigenvalue weighted by Crippen LogP contribution is -2.08. The standard InChI is InChI=1S/C14H10ClN3O3/c15-14-12(2-1-9-16-14)17-13(19)8-5-10-3-6-11(7-4-10)18(20)21/h1-9H,(H,17,19). The zero-order valence-corrected chi connectivity index (χ0v) is 11.4. The van der Waals surface area contributed by atoms with Gasteiger partial charge in [0.25, 0.3) is 5.69 Å². The predicted molar refractivity (Wildman–Crippen MR) is 80.0 cm³/mol. The van der Waals surface area contributed by atoms with Gasteiger partial charge in [0.1, 0.15) is 0 Å². The summed E-state index contributed by atoms with van der Waals surface area (Å²) in [6.45, 7) is 0. The Morgan fingerprint density at radius 2 is 2.00 bits per heavy atom. The number of nitrogens with one attached hydrogen (secondary N) is 1. The summed E-state index contributed by atoms with van der Waals surface area (Å²) in [6, 6.07) is 9.14. The minimum Gasteiger partial charge on any atom is -0.320 e. The van der Waals surface area contributed by atoms with Gasteiger partial charge in [0.05, 0.1) is 10.6 Å². The van der Waals surface area contributed by atoms with Gasteiger partial charge in [0, 0.05) is 24.4 Å². The molecule has 7 heteroatoms. The lowest BCUT2D eigenvalue weighted by atomic mass is 10.2. The number of nitro benzene ring substituents is 1. The molecule has 106 valence electrons. The molecule has 1 aromatic heterocycles. The van der Waals surface area contributed by atoms with E-state index < -0.39 is 4.92 Å². The van der Waals surface area contributed by atoms with Crippen molar-refractivity contribution in [3.63, 3.8) is 0 Å². The molecule has 0 saturated heterocycles. The van der Waals surface area contributed by atoms with Crippen LogP contribution < -0.4 is 5.32 Å². The fourth-order valence-corrected chi connectivity index (χ4v) is 1.70. The van der Waals surface area contributed by atoms with E-state index in [2.05, 4.69) is 10.3 Å². The number of aromatic nitrogens is 1. The van der Waals surface area contributed by atoms with Crippen molar-refractivity contribution in [3.05, 3.63) is 69.5 Å². The Hall–Kier alpha value is -2.73. The fourth-order valence-electron chi connectivity index (χ4n) is 1.53. The second-order valence-corrected chi connectivity index (χ2v) is 4.37. The van der Waals surface area contributed by atoms with Gasteiger partial charge in [-0.05, 0) is 35.9 Å². The van der Waals surface area contributed by atoms with Crippen LogP contribution in [0.4, 0.5) is 11.4 Å². The molecule has 0 fully saturated rings. The van der Waals surface area contributed by atoms with Gasteiger partial charge in [-0.1, -0.05) is 11.6 Å². The average molecular weight is 304 g/mol. The number of benzene rings is 1. The number of halogens is 1. The first-order chi connectivity index (χ1) is 10.1. The minimum absolute atomic E-state index is 0.00116. The van der Waals surface area contributed by atoms with E-state index in [1.165, 1.54) is 24.4 Å². The quantitative estimate of drug-likeness (QED) is 0.406. The van der Waals surface area contributed by atoms with Gasteiger partial charge in [0.15, 0.2) is 5.15 Å². The Bertz CT molecular complexity index is 699. The van der Waals surface area contributed by atoms with Crippen molar-refractivity contribution in [2.45, 2.75) is 0 Å². The molecule has 0 saturated carbocycles. The molecule has 0 spiro atoms. The summed E-state index contributed by atoms with van der Waals surface area (Å²) >= 11 is 5.82. The minimum atomic E-state index is -0.482. The van der Waals surface area contributed by atoms with Crippen LogP contribution in [0, 0.1) is 10.1 Å². The first-order valence-corrected chi connectivity index (χ1v) is 6.28. The lowest BCUT2D eigenvalue weighted by molar-refractivity contribution is -0.384. The number of rotatable bonds is 4. The van der Waals surface area contributed by atoms with Crippen molar-refractivity contribution in [2.75, 3.05) is 5.32 Å². The van der Waals surface area contributed by atoms with Crippen LogP contribution in [-0.2, 0) is 4.79 Å². The molecule has 2 aromatic rings. The van der Waals surface area contributed by atoms with E-state index in [1.807, 2.05) is 0 Å². The number of carbonyl (C=O) groups excluding carboxylic acids is 1. The van der Waals surface area contributed by atoms with Crippen LogP contribution in [0.15, 0.2) is 48.7 Å². The Morgan fingerprint density at radius 1 is 1.29 bits per heavy atom. The highest BCUT2D eigenvalue weighted by atomic mass is 35.5.